The summed E-state index contributed by atoms with van der Waals surface area (Å²) in [6.45, 7) is 2.68. The molecule has 0 aromatic heterocycles. The average Bonchev–Trinajstić information content (AvgIpc) is 2.44. The molecule has 2 aromatic carbocycles. The van der Waals surface area contributed by atoms with Gasteiger partial charge < -0.3 is 5.32 Å². The van der Waals surface area contributed by atoms with Gasteiger partial charge in [0.05, 0.1) is 10.0 Å². The minimum absolute atomic E-state index is 0.121. The lowest BCUT2D eigenvalue weighted by molar-refractivity contribution is 0.521. The molecule has 0 spiro atoms. The fourth-order valence-corrected chi connectivity index (χ4v) is 2.50. The lowest BCUT2D eigenvalue weighted by Crippen LogP contribution is -2.23. The zero-order chi connectivity index (χ0) is 15.4. The van der Waals surface area contributed by atoms with Crippen molar-refractivity contribution in [2.24, 2.45) is 0 Å². The van der Waals surface area contributed by atoms with Crippen LogP contribution in [0.2, 0.25) is 10.0 Å². The summed E-state index contributed by atoms with van der Waals surface area (Å²) in [7, 11) is 0. The van der Waals surface area contributed by atoms with Crippen molar-refractivity contribution in [1.29, 1.82) is 0 Å². The maximum absolute atomic E-state index is 13.8. The molecular weight excluding hydrogens is 315 g/mol. The number of nitrogens with one attached hydrogen (secondary N) is 1. The highest BCUT2D eigenvalue weighted by Crippen LogP contribution is 2.27. The molecule has 112 valence electrons. The molecule has 2 rings (SSSR count). The molecule has 0 saturated heterocycles. The fraction of sp³-hybridized carbons (Fsp3) is 0.250. The Hall–Kier alpha value is -1.16. The third-order valence-electron chi connectivity index (χ3n) is 3.24. The number of likely N-dealkylation sites (N-methyl/N-ethyl adjacent to an activating group) is 1. The van der Waals surface area contributed by atoms with Crippen molar-refractivity contribution in [1.82, 2.24) is 5.32 Å². The molecule has 0 heterocycles. The SMILES string of the molecule is CCNC(Cc1ccc(F)cc1F)c1ccc(Cl)c(Cl)c1. The van der Waals surface area contributed by atoms with E-state index < -0.39 is 11.6 Å². The van der Waals surface area contributed by atoms with E-state index in [0.29, 0.717) is 28.6 Å². The topological polar surface area (TPSA) is 12.0 Å². The molecule has 0 amide bonds. The van der Waals surface area contributed by atoms with E-state index in [4.69, 9.17) is 23.2 Å². The Kier molecular flexibility index (Phi) is 5.57. The van der Waals surface area contributed by atoms with E-state index >= 15 is 0 Å². The van der Waals surface area contributed by atoms with Crippen molar-refractivity contribution < 1.29 is 8.78 Å². The largest absolute Gasteiger partial charge is 0.310 e. The van der Waals surface area contributed by atoms with Gasteiger partial charge >= 0.3 is 0 Å². The molecule has 1 N–H and O–H groups in total. The van der Waals surface area contributed by atoms with Gasteiger partial charge in [0.1, 0.15) is 11.6 Å². The second-order valence-corrected chi connectivity index (χ2v) is 5.54. The van der Waals surface area contributed by atoms with Gasteiger partial charge in [-0.3, -0.25) is 0 Å². The Labute approximate surface area is 132 Å². The van der Waals surface area contributed by atoms with Gasteiger partial charge in [0.2, 0.25) is 0 Å². The van der Waals surface area contributed by atoms with E-state index in [2.05, 4.69) is 5.32 Å². The smallest absolute Gasteiger partial charge is 0.129 e. The molecule has 0 fully saturated rings. The number of rotatable bonds is 5. The molecule has 21 heavy (non-hydrogen) atoms. The van der Waals surface area contributed by atoms with Crippen LogP contribution in [-0.2, 0) is 6.42 Å². The number of hydrogen-bond donors (Lipinski definition) is 1. The van der Waals surface area contributed by atoms with Crippen LogP contribution >= 0.6 is 23.2 Å². The molecule has 0 aliphatic heterocycles. The zero-order valence-corrected chi connectivity index (χ0v) is 13.0. The van der Waals surface area contributed by atoms with Crippen LogP contribution in [0.4, 0.5) is 8.78 Å². The number of halogens is 4. The molecular formula is C16H15Cl2F2N. The van der Waals surface area contributed by atoms with E-state index in [1.807, 2.05) is 13.0 Å². The molecule has 1 nitrogen and oxygen atoms in total. The highest BCUT2D eigenvalue weighted by molar-refractivity contribution is 6.42. The Bertz CT molecular complexity index is 632. The minimum Gasteiger partial charge on any atom is -0.310 e. The van der Waals surface area contributed by atoms with Gasteiger partial charge in [-0.15, -0.1) is 0 Å². The summed E-state index contributed by atoms with van der Waals surface area (Å²) in [6.07, 6.45) is 0.401. The Morgan fingerprint density at radius 1 is 1.05 bits per heavy atom. The summed E-state index contributed by atoms with van der Waals surface area (Å²) in [5.74, 6) is -1.12. The normalized spacial score (nSPS) is 12.4. The molecule has 0 bridgehead atoms. The summed E-state index contributed by atoms with van der Waals surface area (Å²) in [6, 6.07) is 8.83. The van der Waals surface area contributed by atoms with Gasteiger partial charge in [0.25, 0.3) is 0 Å². The first-order chi connectivity index (χ1) is 10.0. The van der Waals surface area contributed by atoms with Gasteiger partial charge in [-0.05, 0) is 42.3 Å². The van der Waals surface area contributed by atoms with E-state index in [1.165, 1.54) is 12.1 Å². The molecule has 1 unspecified atom stereocenters. The van der Waals surface area contributed by atoms with Crippen molar-refractivity contribution in [3.63, 3.8) is 0 Å². The van der Waals surface area contributed by atoms with Gasteiger partial charge in [-0.25, -0.2) is 8.78 Å². The van der Waals surface area contributed by atoms with Crippen molar-refractivity contribution in [2.75, 3.05) is 6.54 Å². The first kappa shape index (κ1) is 16.2. The molecule has 1 atom stereocenters. The van der Waals surface area contributed by atoms with Crippen LogP contribution in [0.5, 0.6) is 0 Å². The molecule has 5 heteroatoms. The maximum Gasteiger partial charge on any atom is 0.129 e. The minimum atomic E-state index is -0.578. The summed E-state index contributed by atoms with van der Waals surface area (Å²) in [5.41, 5.74) is 1.36. The Morgan fingerprint density at radius 3 is 2.43 bits per heavy atom. The summed E-state index contributed by atoms with van der Waals surface area (Å²) in [5, 5.41) is 4.20. The number of benzene rings is 2. The highest BCUT2D eigenvalue weighted by Gasteiger charge is 2.15. The zero-order valence-electron chi connectivity index (χ0n) is 11.5. The van der Waals surface area contributed by atoms with Crippen molar-refractivity contribution in [3.8, 4) is 0 Å². The number of hydrogen-bond acceptors (Lipinski definition) is 1. The first-order valence-electron chi connectivity index (χ1n) is 6.63. The highest BCUT2D eigenvalue weighted by atomic mass is 35.5. The lowest BCUT2D eigenvalue weighted by Gasteiger charge is -2.19. The maximum atomic E-state index is 13.8. The van der Waals surface area contributed by atoms with Crippen molar-refractivity contribution >= 4 is 23.2 Å². The van der Waals surface area contributed by atoms with Crippen LogP contribution in [-0.4, -0.2) is 6.54 Å². The summed E-state index contributed by atoms with van der Waals surface area (Å²) < 4.78 is 26.8. The standard InChI is InChI=1S/C16H15Cl2F2N/c1-2-21-16(11-4-6-13(17)14(18)7-11)8-10-3-5-12(19)9-15(10)20/h3-7,9,16,21H,2,8H2,1H3. The first-order valence-corrected chi connectivity index (χ1v) is 7.39. The predicted octanol–water partition coefficient (Wildman–Crippen LogP) is 5.16. The Balaban J connectivity index is 2.28. The summed E-state index contributed by atoms with van der Waals surface area (Å²) >= 11 is 11.9. The van der Waals surface area contributed by atoms with Crippen LogP contribution in [0.1, 0.15) is 24.1 Å². The third-order valence-corrected chi connectivity index (χ3v) is 3.97. The summed E-state index contributed by atoms with van der Waals surface area (Å²) in [4.78, 5) is 0. The van der Waals surface area contributed by atoms with E-state index in [-0.39, 0.29) is 6.04 Å². The Morgan fingerprint density at radius 2 is 1.81 bits per heavy atom. The molecule has 0 aliphatic rings. The van der Waals surface area contributed by atoms with Crippen LogP contribution in [0, 0.1) is 11.6 Å². The second-order valence-electron chi connectivity index (χ2n) is 4.72. The van der Waals surface area contributed by atoms with Crippen LogP contribution in [0.3, 0.4) is 0 Å². The monoisotopic (exact) mass is 329 g/mol. The molecule has 2 aromatic rings. The predicted molar refractivity (Wildman–Crippen MR) is 82.9 cm³/mol. The van der Waals surface area contributed by atoms with Gasteiger partial charge in [0, 0.05) is 12.1 Å². The van der Waals surface area contributed by atoms with Gasteiger partial charge in [0.15, 0.2) is 0 Å². The second kappa shape index (κ2) is 7.21. The fourth-order valence-electron chi connectivity index (χ4n) is 2.19. The van der Waals surface area contributed by atoms with Crippen molar-refractivity contribution in [3.05, 3.63) is 69.2 Å². The van der Waals surface area contributed by atoms with Crippen LogP contribution < -0.4 is 5.32 Å². The van der Waals surface area contributed by atoms with Gasteiger partial charge in [-0.1, -0.05) is 42.3 Å². The third kappa shape index (κ3) is 4.16. The van der Waals surface area contributed by atoms with Crippen LogP contribution in [0.15, 0.2) is 36.4 Å². The van der Waals surface area contributed by atoms with Crippen LogP contribution in [0.25, 0.3) is 0 Å². The van der Waals surface area contributed by atoms with Gasteiger partial charge in [-0.2, -0.15) is 0 Å². The van der Waals surface area contributed by atoms with E-state index in [1.54, 1.807) is 12.1 Å². The molecule has 0 radical (unpaired) electrons. The quantitative estimate of drug-likeness (QED) is 0.798. The van der Waals surface area contributed by atoms with Crippen molar-refractivity contribution in [2.45, 2.75) is 19.4 Å². The molecule has 0 saturated carbocycles. The average molecular weight is 330 g/mol. The van der Waals surface area contributed by atoms with E-state index in [9.17, 15) is 8.78 Å². The van der Waals surface area contributed by atoms with E-state index in [0.717, 1.165) is 11.6 Å². The lowest BCUT2D eigenvalue weighted by atomic mass is 9.98. The molecule has 0 aliphatic carbocycles.